The van der Waals surface area contributed by atoms with Gasteiger partial charge in [-0.3, -0.25) is 10.1 Å². The highest BCUT2D eigenvalue weighted by Crippen LogP contribution is 2.19. The third-order valence-corrected chi connectivity index (χ3v) is 3.13. The van der Waals surface area contributed by atoms with Crippen molar-refractivity contribution in [2.75, 3.05) is 20.3 Å². The topological polar surface area (TPSA) is 99.9 Å². The van der Waals surface area contributed by atoms with Crippen LogP contribution in [0.3, 0.4) is 0 Å². The summed E-state index contributed by atoms with van der Waals surface area (Å²) in [6, 6.07) is 12.6. The Morgan fingerprint density at radius 2 is 1.65 bits per heavy atom. The first kappa shape index (κ1) is 18.8. The third kappa shape index (κ3) is 6.16. The van der Waals surface area contributed by atoms with E-state index >= 15 is 0 Å². The Hall–Kier alpha value is -3.55. The number of amides is 1. The van der Waals surface area contributed by atoms with Crippen LogP contribution in [0.1, 0.15) is 0 Å². The van der Waals surface area contributed by atoms with E-state index in [-0.39, 0.29) is 5.69 Å². The van der Waals surface area contributed by atoms with Crippen LogP contribution in [0.15, 0.2) is 60.7 Å². The van der Waals surface area contributed by atoms with Crippen molar-refractivity contribution in [1.82, 2.24) is 5.32 Å². The predicted octanol–water partition coefficient (Wildman–Crippen LogP) is 3.33. The normalized spacial score (nSPS) is 10.3. The maximum absolute atomic E-state index is 11.2. The van der Waals surface area contributed by atoms with Crippen molar-refractivity contribution in [2.45, 2.75) is 0 Å². The molecule has 26 heavy (non-hydrogen) atoms. The molecule has 2 aromatic rings. The quantitative estimate of drug-likeness (QED) is 0.441. The second-order valence-electron chi connectivity index (χ2n) is 4.96. The molecule has 0 aliphatic rings. The highest BCUT2D eigenvalue weighted by atomic mass is 16.6. The Morgan fingerprint density at radius 1 is 1.04 bits per heavy atom. The van der Waals surface area contributed by atoms with Gasteiger partial charge in [-0.2, -0.15) is 0 Å². The average Bonchev–Trinajstić information content (AvgIpc) is 2.65. The Bertz CT molecular complexity index is 774. The summed E-state index contributed by atoms with van der Waals surface area (Å²) in [5.41, 5.74) is 0.0175. The van der Waals surface area contributed by atoms with Gasteiger partial charge >= 0.3 is 6.09 Å². The minimum Gasteiger partial charge on any atom is -0.490 e. The summed E-state index contributed by atoms with van der Waals surface area (Å²) in [5, 5.41) is 12.9. The first-order valence-corrected chi connectivity index (χ1v) is 7.73. The summed E-state index contributed by atoms with van der Waals surface area (Å²) < 4.78 is 16.0. The molecule has 0 atom stereocenters. The number of rotatable bonds is 8. The molecule has 1 amide bonds. The smallest absolute Gasteiger partial charge is 0.412 e. The average molecular weight is 358 g/mol. The molecule has 8 heteroatoms. The molecule has 0 bridgehead atoms. The zero-order chi connectivity index (χ0) is 18.8. The molecular weight excluding hydrogens is 340 g/mol. The lowest BCUT2D eigenvalue weighted by Crippen LogP contribution is -2.21. The van der Waals surface area contributed by atoms with E-state index in [4.69, 9.17) is 14.2 Å². The molecule has 0 unspecified atom stereocenters. The van der Waals surface area contributed by atoms with E-state index in [1.807, 2.05) is 0 Å². The van der Waals surface area contributed by atoms with Crippen LogP contribution in [-0.4, -0.2) is 31.3 Å². The molecule has 0 saturated carbocycles. The van der Waals surface area contributed by atoms with Crippen molar-refractivity contribution < 1.29 is 23.9 Å². The van der Waals surface area contributed by atoms with Gasteiger partial charge in [0.25, 0.3) is 5.69 Å². The lowest BCUT2D eigenvalue weighted by Gasteiger charge is -2.07. The zero-order valence-electron chi connectivity index (χ0n) is 14.1. The van der Waals surface area contributed by atoms with Gasteiger partial charge < -0.3 is 19.5 Å². The number of benzene rings is 2. The standard InChI is InChI=1S/C18H18N2O6/c1-19-18(21)26-17-6-4-5-16(13-17)25-12-3-2-11-24-15-9-7-14(8-10-15)20(22)23/h2-10,13H,11-12H2,1H3,(H,19,21)/b3-2+. The zero-order valence-corrected chi connectivity index (χ0v) is 14.1. The number of nitro benzene ring substituents is 1. The van der Waals surface area contributed by atoms with E-state index < -0.39 is 11.0 Å². The van der Waals surface area contributed by atoms with E-state index in [1.165, 1.54) is 19.2 Å². The number of ether oxygens (including phenoxy) is 3. The second-order valence-corrected chi connectivity index (χ2v) is 4.96. The van der Waals surface area contributed by atoms with Crippen LogP contribution in [-0.2, 0) is 0 Å². The van der Waals surface area contributed by atoms with Crippen LogP contribution < -0.4 is 19.5 Å². The van der Waals surface area contributed by atoms with Gasteiger partial charge in [-0.15, -0.1) is 0 Å². The van der Waals surface area contributed by atoms with Gasteiger partial charge in [-0.25, -0.2) is 4.79 Å². The molecule has 1 N–H and O–H groups in total. The summed E-state index contributed by atoms with van der Waals surface area (Å²) >= 11 is 0. The van der Waals surface area contributed by atoms with E-state index in [0.29, 0.717) is 30.5 Å². The van der Waals surface area contributed by atoms with Gasteiger partial charge in [0, 0.05) is 25.2 Å². The van der Waals surface area contributed by atoms with Crippen molar-refractivity contribution in [3.63, 3.8) is 0 Å². The van der Waals surface area contributed by atoms with Crippen molar-refractivity contribution >= 4 is 11.8 Å². The van der Waals surface area contributed by atoms with Gasteiger partial charge in [0.15, 0.2) is 0 Å². The second kappa shape index (κ2) is 9.67. The molecule has 0 radical (unpaired) electrons. The van der Waals surface area contributed by atoms with Crippen LogP contribution >= 0.6 is 0 Å². The number of carbonyl (C=O) groups excluding carboxylic acids is 1. The number of carbonyl (C=O) groups is 1. The fourth-order valence-electron chi connectivity index (χ4n) is 1.87. The highest BCUT2D eigenvalue weighted by molar-refractivity contribution is 5.70. The van der Waals surface area contributed by atoms with Crippen LogP contribution in [0, 0.1) is 10.1 Å². The first-order valence-electron chi connectivity index (χ1n) is 7.73. The summed E-state index contributed by atoms with van der Waals surface area (Å²) in [6.45, 7) is 0.619. The molecule has 136 valence electrons. The number of non-ortho nitro benzene ring substituents is 1. The molecule has 0 aliphatic carbocycles. The van der Waals surface area contributed by atoms with Crippen LogP contribution in [0.5, 0.6) is 17.2 Å². The molecule has 0 aromatic heterocycles. The fraction of sp³-hybridized carbons (Fsp3) is 0.167. The summed E-state index contributed by atoms with van der Waals surface area (Å²) in [5.74, 6) is 1.49. The minimum atomic E-state index is -0.551. The largest absolute Gasteiger partial charge is 0.490 e. The number of hydrogen-bond acceptors (Lipinski definition) is 6. The molecule has 2 aromatic carbocycles. The highest BCUT2D eigenvalue weighted by Gasteiger charge is 2.04. The van der Waals surface area contributed by atoms with Crippen molar-refractivity contribution in [3.8, 4) is 17.2 Å². The van der Waals surface area contributed by atoms with E-state index in [2.05, 4.69) is 5.32 Å². The van der Waals surface area contributed by atoms with Crippen LogP contribution in [0.4, 0.5) is 10.5 Å². The van der Waals surface area contributed by atoms with Gasteiger partial charge in [0.05, 0.1) is 4.92 Å². The lowest BCUT2D eigenvalue weighted by molar-refractivity contribution is -0.384. The van der Waals surface area contributed by atoms with Gasteiger partial charge in [0.1, 0.15) is 30.5 Å². The number of hydrogen-bond donors (Lipinski definition) is 1. The fourth-order valence-corrected chi connectivity index (χ4v) is 1.87. The SMILES string of the molecule is CNC(=O)Oc1cccc(OC/C=C/COc2ccc([N+](=O)[O-])cc2)c1. The molecule has 0 saturated heterocycles. The first-order chi connectivity index (χ1) is 12.6. The Balaban J connectivity index is 1.73. The van der Waals surface area contributed by atoms with Crippen molar-refractivity contribution in [1.29, 1.82) is 0 Å². The molecular formula is C18H18N2O6. The molecule has 0 spiro atoms. The number of nitrogens with one attached hydrogen (secondary N) is 1. The van der Waals surface area contributed by atoms with Gasteiger partial charge in [0.2, 0.25) is 0 Å². The van der Waals surface area contributed by atoms with Gasteiger partial charge in [-0.1, -0.05) is 6.07 Å². The van der Waals surface area contributed by atoms with Crippen LogP contribution in [0.2, 0.25) is 0 Å². The summed E-state index contributed by atoms with van der Waals surface area (Å²) in [7, 11) is 1.48. The number of nitrogens with zero attached hydrogens (tertiary/aromatic N) is 1. The predicted molar refractivity (Wildman–Crippen MR) is 94.8 cm³/mol. The molecule has 2 rings (SSSR count). The summed E-state index contributed by atoms with van der Waals surface area (Å²) in [6.07, 6.45) is 3.00. The van der Waals surface area contributed by atoms with Crippen molar-refractivity contribution in [2.24, 2.45) is 0 Å². The van der Waals surface area contributed by atoms with E-state index in [1.54, 1.807) is 48.6 Å². The Kier molecular flexibility index (Phi) is 6.99. The minimum absolute atomic E-state index is 0.0175. The molecule has 8 nitrogen and oxygen atoms in total. The maximum Gasteiger partial charge on any atom is 0.412 e. The monoisotopic (exact) mass is 358 g/mol. The Labute approximate surface area is 150 Å². The molecule has 0 fully saturated rings. The molecule has 0 heterocycles. The van der Waals surface area contributed by atoms with Gasteiger partial charge in [-0.05, 0) is 36.4 Å². The summed E-state index contributed by atoms with van der Waals surface area (Å²) in [4.78, 5) is 21.3. The molecule has 0 aliphatic heterocycles. The van der Waals surface area contributed by atoms with E-state index in [0.717, 1.165) is 0 Å². The lowest BCUT2D eigenvalue weighted by atomic mass is 10.3. The Morgan fingerprint density at radius 3 is 2.27 bits per heavy atom. The number of nitro groups is 1. The van der Waals surface area contributed by atoms with Crippen molar-refractivity contribution in [3.05, 3.63) is 70.8 Å². The maximum atomic E-state index is 11.2. The van der Waals surface area contributed by atoms with Crippen LogP contribution in [0.25, 0.3) is 0 Å². The third-order valence-electron chi connectivity index (χ3n) is 3.13. The van der Waals surface area contributed by atoms with E-state index in [9.17, 15) is 14.9 Å².